The predicted octanol–water partition coefficient (Wildman–Crippen LogP) is 0.893. The second-order valence-corrected chi connectivity index (χ2v) is 4.33. The van der Waals surface area contributed by atoms with Crippen LogP contribution in [0.4, 0.5) is 0 Å². The molecule has 0 aromatic carbocycles. The van der Waals surface area contributed by atoms with Gasteiger partial charge in [-0.15, -0.1) is 13.2 Å². The van der Waals surface area contributed by atoms with Gasteiger partial charge in [-0.3, -0.25) is 4.79 Å². The number of rotatable bonds is 11. The van der Waals surface area contributed by atoms with Crippen molar-refractivity contribution in [1.29, 1.82) is 0 Å². The van der Waals surface area contributed by atoms with Gasteiger partial charge < -0.3 is 19.7 Å². The summed E-state index contributed by atoms with van der Waals surface area (Å²) in [7, 11) is 0. The highest BCUT2D eigenvalue weighted by Crippen LogP contribution is 2.09. The van der Waals surface area contributed by atoms with E-state index in [0.717, 1.165) is 0 Å². The molecule has 0 bridgehead atoms. The zero-order valence-corrected chi connectivity index (χ0v) is 12.0. The molecule has 0 radical (unpaired) electrons. The highest BCUT2D eigenvalue weighted by atomic mass is 16.6. The van der Waals surface area contributed by atoms with Crippen LogP contribution in [0.3, 0.4) is 0 Å². The summed E-state index contributed by atoms with van der Waals surface area (Å²) < 4.78 is 9.89. The van der Waals surface area contributed by atoms with Crippen molar-refractivity contribution in [2.45, 2.75) is 31.5 Å². The van der Waals surface area contributed by atoms with Crippen LogP contribution in [0.15, 0.2) is 37.5 Å². The second-order valence-electron chi connectivity index (χ2n) is 4.33. The number of hydrogen-bond acceptors (Lipinski definition) is 6. The molecule has 0 saturated heterocycles. The zero-order chi connectivity index (χ0) is 16.3. The molecule has 0 spiro atoms. The summed E-state index contributed by atoms with van der Waals surface area (Å²) in [5.74, 6) is -1.47. The molecule has 2 N–H and O–H groups in total. The third-order valence-electron chi connectivity index (χ3n) is 2.48. The first-order valence-electron chi connectivity index (χ1n) is 6.50. The first-order valence-corrected chi connectivity index (χ1v) is 6.50. The zero-order valence-electron chi connectivity index (χ0n) is 12.0. The third-order valence-corrected chi connectivity index (χ3v) is 2.48. The Labute approximate surface area is 124 Å². The topological polar surface area (TPSA) is 93.1 Å². The average molecular weight is 298 g/mol. The van der Waals surface area contributed by atoms with E-state index in [4.69, 9.17) is 19.7 Å². The molecule has 0 fully saturated rings. The number of hydrogen-bond donors (Lipinski definition) is 2. The molecule has 2 unspecified atom stereocenters. The van der Waals surface area contributed by atoms with E-state index in [1.54, 1.807) is 0 Å². The first kappa shape index (κ1) is 19.1. The van der Waals surface area contributed by atoms with Crippen LogP contribution in [0.5, 0.6) is 0 Å². The molecule has 0 aliphatic carbocycles. The Morgan fingerprint density at radius 2 is 1.48 bits per heavy atom. The van der Waals surface area contributed by atoms with Gasteiger partial charge in [-0.25, -0.2) is 4.79 Å². The van der Waals surface area contributed by atoms with E-state index in [1.165, 1.54) is 12.2 Å². The fourth-order valence-electron chi connectivity index (χ4n) is 1.40. The maximum Gasteiger partial charge on any atom is 0.334 e. The Balaban J connectivity index is 4.33. The van der Waals surface area contributed by atoms with Gasteiger partial charge in [-0.05, 0) is 0 Å². The summed E-state index contributed by atoms with van der Waals surface area (Å²) >= 11 is 0. The van der Waals surface area contributed by atoms with E-state index in [2.05, 4.69) is 19.7 Å². The molecular weight excluding hydrogens is 276 g/mol. The van der Waals surface area contributed by atoms with E-state index in [1.807, 2.05) is 0 Å². The molecule has 0 aliphatic heterocycles. The van der Waals surface area contributed by atoms with Crippen LogP contribution < -0.4 is 0 Å². The van der Waals surface area contributed by atoms with Gasteiger partial charge in [0.1, 0.15) is 12.2 Å². The second kappa shape index (κ2) is 10.8. The van der Waals surface area contributed by atoms with Crippen molar-refractivity contribution in [3.8, 4) is 0 Å². The van der Waals surface area contributed by atoms with E-state index in [-0.39, 0.29) is 25.2 Å². The molecule has 2 atom stereocenters. The number of esters is 2. The van der Waals surface area contributed by atoms with Gasteiger partial charge in [0.2, 0.25) is 0 Å². The molecule has 0 aliphatic rings. The van der Waals surface area contributed by atoms with E-state index in [9.17, 15) is 9.59 Å². The first-order chi connectivity index (χ1) is 9.98. The van der Waals surface area contributed by atoms with Crippen molar-refractivity contribution >= 4 is 11.9 Å². The molecule has 0 aromatic rings. The average Bonchev–Trinajstić information content (AvgIpc) is 2.45. The van der Waals surface area contributed by atoms with Crippen molar-refractivity contribution in [3.05, 3.63) is 37.5 Å². The van der Waals surface area contributed by atoms with Gasteiger partial charge in [0.25, 0.3) is 0 Å². The molecule has 118 valence electrons. The number of carbonyl (C=O) groups is 2. The number of aliphatic hydroxyl groups excluding tert-OH is 2. The highest BCUT2D eigenvalue weighted by Gasteiger charge is 2.20. The smallest absolute Gasteiger partial charge is 0.334 e. The van der Waals surface area contributed by atoms with Crippen LogP contribution in [0, 0.1) is 0 Å². The van der Waals surface area contributed by atoms with Gasteiger partial charge in [0, 0.05) is 18.4 Å². The maximum atomic E-state index is 11.7. The van der Waals surface area contributed by atoms with Crippen molar-refractivity contribution in [3.63, 3.8) is 0 Å². The summed E-state index contributed by atoms with van der Waals surface area (Å²) in [5.41, 5.74) is -0.0854. The molecule has 0 rings (SSSR count). The molecular formula is C15H22O6. The summed E-state index contributed by atoms with van der Waals surface area (Å²) in [6.45, 7) is 9.73. The molecule has 6 nitrogen and oxygen atoms in total. The van der Waals surface area contributed by atoms with E-state index >= 15 is 0 Å². The highest BCUT2D eigenvalue weighted by molar-refractivity contribution is 5.93. The number of aliphatic hydroxyl groups is 2. The third kappa shape index (κ3) is 8.06. The van der Waals surface area contributed by atoms with Gasteiger partial charge >= 0.3 is 11.9 Å². The Kier molecular flexibility index (Phi) is 9.83. The van der Waals surface area contributed by atoms with Crippen LogP contribution in [-0.4, -0.2) is 47.6 Å². The lowest BCUT2D eigenvalue weighted by molar-refractivity contribution is -0.153. The van der Waals surface area contributed by atoms with Gasteiger partial charge in [-0.2, -0.15) is 0 Å². The minimum atomic E-state index is -0.780. The number of ether oxygens (including phenoxy) is 2. The van der Waals surface area contributed by atoms with Crippen molar-refractivity contribution in [2.75, 3.05) is 13.2 Å². The van der Waals surface area contributed by atoms with Crippen molar-refractivity contribution < 1.29 is 29.3 Å². The fourth-order valence-corrected chi connectivity index (χ4v) is 1.40. The number of carbonyl (C=O) groups excluding carboxylic acids is 2. The molecule has 21 heavy (non-hydrogen) atoms. The summed E-state index contributed by atoms with van der Waals surface area (Å²) in [6.07, 6.45) is 1.87. The molecule has 6 heteroatoms. The summed E-state index contributed by atoms with van der Waals surface area (Å²) in [4.78, 5) is 23.2. The van der Waals surface area contributed by atoms with Crippen molar-refractivity contribution in [2.24, 2.45) is 0 Å². The Hall–Kier alpha value is -1.92. The van der Waals surface area contributed by atoms with Gasteiger partial charge in [0.15, 0.2) is 0 Å². The largest absolute Gasteiger partial charge is 0.459 e. The lowest BCUT2D eigenvalue weighted by Crippen LogP contribution is -2.25. The monoisotopic (exact) mass is 298 g/mol. The van der Waals surface area contributed by atoms with Crippen LogP contribution in [0.25, 0.3) is 0 Å². The standard InChI is InChI=1S/C15H22O6/c1-4-6-12(9-16)20-14(18)8-11(3)15(19)21-13(10-17)7-5-2/h4-5,12-13,16-17H,1-3,6-10H2. The predicted molar refractivity (Wildman–Crippen MR) is 77.3 cm³/mol. The quantitative estimate of drug-likeness (QED) is 0.334. The lowest BCUT2D eigenvalue weighted by Gasteiger charge is -2.16. The minimum absolute atomic E-state index is 0.0854. The normalized spacial score (nSPS) is 12.9. The molecule has 0 heterocycles. The van der Waals surface area contributed by atoms with Crippen molar-refractivity contribution in [1.82, 2.24) is 0 Å². The maximum absolute atomic E-state index is 11.7. The molecule has 0 amide bonds. The Morgan fingerprint density at radius 1 is 1.00 bits per heavy atom. The van der Waals surface area contributed by atoms with Gasteiger partial charge in [-0.1, -0.05) is 18.7 Å². The summed E-state index contributed by atoms with van der Waals surface area (Å²) in [6, 6.07) is 0. The lowest BCUT2D eigenvalue weighted by atomic mass is 10.2. The fraction of sp³-hybridized carbons (Fsp3) is 0.467. The van der Waals surface area contributed by atoms with Crippen LogP contribution in [0.2, 0.25) is 0 Å². The van der Waals surface area contributed by atoms with Gasteiger partial charge in [0.05, 0.1) is 19.6 Å². The minimum Gasteiger partial charge on any atom is -0.459 e. The van der Waals surface area contributed by atoms with E-state index in [0.29, 0.717) is 12.8 Å². The summed E-state index contributed by atoms with van der Waals surface area (Å²) in [5, 5.41) is 18.0. The van der Waals surface area contributed by atoms with Crippen LogP contribution in [0.1, 0.15) is 19.3 Å². The van der Waals surface area contributed by atoms with Crippen LogP contribution in [-0.2, 0) is 19.1 Å². The van der Waals surface area contributed by atoms with Crippen LogP contribution >= 0.6 is 0 Å². The SMILES string of the molecule is C=CCC(CO)OC(=O)CC(=C)C(=O)OC(CO)CC=C. The Bertz CT molecular complexity index is 388. The molecule has 0 aromatic heterocycles. The Morgan fingerprint density at radius 3 is 1.90 bits per heavy atom. The molecule has 0 saturated carbocycles. The van der Waals surface area contributed by atoms with E-state index < -0.39 is 24.1 Å².